The SMILES string of the molecule is CC(=O)N1CCC(C(=O)NCC(O)c2ccc(Cl)cc2)CC1. The lowest BCUT2D eigenvalue weighted by molar-refractivity contribution is -0.134. The summed E-state index contributed by atoms with van der Waals surface area (Å²) in [5.41, 5.74) is 0.719. The third kappa shape index (κ3) is 4.45. The second-order valence-corrected chi connectivity index (χ2v) is 6.03. The quantitative estimate of drug-likeness (QED) is 0.886. The molecule has 0 aliphatic carbocycles. The topological polar surface area (TPSA) is 69.6 Å². The molecule has 1 aliphatic heterocycles. The van der Waals surface area contributed by atoms with Crippen LogP contribution in [0.25, 0.3) is 0 Å². The van der Waals surface area contributed by atoms with E-state index in [0.29, 0.717) is 31.0 Å². The Kier molecular flexibility index (Phi) is 5.80. The number of nitrogens with zero attached hydrogens (tertiary/aromatic N) is 1. The molecular formula is C16H21ClN2O3. The van der Waals surface area contributed by atoms with Crippen LogP contribution in [0.3, 0.4) is 0 Å². The molecule has 2 amide bonds. The van der Waals surface area contributed by atoms with Crippen LogP contribution in [-0.2, 0) is 9.59 Å². The van der Waals surface area contributed by atoms with E-state index in [4.69, 9.17) is 11.6 Å². The molecule has 2 N–H and O–H groups in total. The van der Waals surface area contributed by atoms with Gasteiger partial charge in [-0.2, -0.15) is 0 Å². The molecule has 0 radical (unpaired) electrons. The van der Waals surface area contributed by atoms with Gasteiger partial charge in [-0.15, -0.1) is 0 Å². The van der Waals surface area contributed by atoms with E-state index in [0.717, 1.165) is 5.56 Å². The van der Waals surface area contributed by atoms with Gasteiger partial charge in [0.1, 0.15) is 0 Å². The Morgan fingerprint density at radius 2 is 1.91 bits per heavy atom. The number of hydrogen-bond acceptors (Lipinski definition) is 3. The van der Waals surface area contributed by atoms with E-state index < -0.39 is 6.10 Å². The number of benzene rings is 1. The normalized spacial score (nSPS) is 17.1. The zero-order valence-electron chi connectivity index (χ0n) is 12.6. The number of carbonyl (C=O) groups excluding carboxylic acids is 2. The molecule has 0 bridgehead atoms. The number of aliphatic hydroxyl groups excluding tert-OH is 1. The van der Waals surface area contributed by atoms with Crippen LogP contribution in [0, 0.1) is 5.92 Å². The van der Waals surface area contributed by atoms with E-state index in [2.05, 4.69) is 5.32 Å². The molecule has 1 aromatic carbocycles. The fourth-order valence-electron chi connectivity index (χ4n) is 2.60. The minimum absolute atomic E-state index is 0.0528. The first-order valence-corrected chi connectivity index (χ1v) is 7.82. The maximum absolute atomic E-state index is 12.1. The third-order valence-corrected chi connectivity index (χ3v) is 4.29. The Morgan fingerprint density at radius 1 is 1.32 bits per heavy atom. The second-order valence-electron chi connectivity index (χ2n) is 5.59. The van der Waals surface area contributed by atoms with Crippen LogP contribution in [0.4, 0.5) is 0 Å². The fourth-order valence-corrected chi connectivity index (χ4v) is 2.73. The Labute approximate surface area is 135 Å². The van der Waals surface area contributed by atoms with Crippen molar-refractivity contribution in [3.05, 3.63) is 34.9 Å². The maximum Gasteiger partial charge on any atom is 0.223 e. The number of piperidine rings is 1. The van der Waals surface area contributed by atoms with Gasteiger partial charge >= 0.3 is 0 Å². The predicted octanol–water partition coefficient (Wildman–Crippen LogP) is 1.75. The van der Waals surface area contributed by atoms with Crippen molar-refractivity contribution in [3.63, 3.8) is 0 Å². The van der Waals surface area contributed by atoms with Crippen molar-refractivity contribution in [2.24, 2.45) is 5.92 Å². The van der Waals surface area contributed by atoms with Gasteiger partial charge in [0.25, 0.3) is 0 Å². The van der Waals surface area contributed by atoms with Gasteiger partial charge in [0, 0.05) is 37.5 Å². The molecule has 0 spiro atoms. The zero-order chi connectivity index (χ0) is 16.1. The molecule has 22 heavy (non-hydrogen) atoms. The molecule has 1 saturated heterocycles. The average molecular weight is 325 g/mol. The van der Waals surface area contributed by atoms with Gasteiger partial charge in [0.05, 0.1) is 6.10 Å². The molecule has 1 aromatic rings. The number of likely N-dealkylation sites (tertiary alicyclic amines) is 1. The van der Waals surface area contributed by atoms with Crippen molar-refractivity contribution in [1.82, 2.24) is 10.2 Å². The summed E-state index contributed by atoms with van der Waals surface area (Å²) < 4.78 is 0. The monoisotopic (exact) mass is 324 g/mol. The van der Waals surface area contributed by atoms with Gasteiger partial charge < -0.3 is 15.3 Å². The first-order chi connectivity index (χ1) is 10.5. The number of carbonyl (C=O) groups is 2. The Balaban J connectivity index is 1.78. The van der Waals surface area contributed by atoms with E-state index >= 15 is 0 Å². The highest BCUT2D eigenvalue weighted by Gasteiger charge is 2.26. The standard InChI is InChI=1S/C16H21ClN2O3/c1-11(20)19-8-6-13(7-9-19)16(22)18-10-15(21)12-2-4-14(17)5-3-12/h2-5,13,15,21H,6-10H2,1H3,(H,18,22). The van der Waals surface area contributed by atoms with Crippen LogP contribution >= 0.6 is 11.6 Å². The number of nitrogens with one attached hydrogen (secondary N) is 1. The zero-order valence-corrected chi connectivity index (χ0v) is 13.3. The highest BCUT2D eigenvalue weighted by molar-refractivity contribution is 6.30. The molecule has 1 heterocycles. The summed E-state index contributed by atoms with van der Waals surface area (Å²) in [6.45, 7) is 2.95. The van der Waals surface area contributed by atoms with Crippen molar-refractivity contribution in [1.29, 1.82) is 0 Å². The van der Waals surface area contributed by atoms with Crippen molar-refractivity contribution in [2.45, 2.75) is 25.9 Å². The fraction of sp³-hybridized carbons (Fsp3) is 0.500. The number of aliphatic hydroxyl groups is 1. The van der Waals surface area contributed by atoms with E-state index in [1.807, 2.05) is 0 Å². The smallest absolute Gasteiger partial charge is 0.223 e. The number of amides is 2. The number of rotatable bonds is 4. The molecule has 1 aliphatic rings. The molecule has 2 rings (SSSR count). The van der Waals surface area contributed by atoms with Crippen molar-refractivity contribution >= 4 is 23.4 Å². The first-order valence-electron chi connectivity index (χ1n) is 7.44. The summed E-state index contributed by atoms with van der Waals surface area (Å²) in [6.07, 6.45) is 0.587. The van der Waals surface area contributed by atoms with Crippen LogP contribution < -0.4 is 5.32 Å². The molecular weight excluding hydrogens is 304 g/mol. The van der Waals surface area contributed by atoms with Gasteiger partial charge in [0.2, 0.25) is 11.8 Å². The summed E-state index contributed by atoms with van der Waals surface area (Å²) in [6, 6.07) is 6.90. The number of hydrogen-bond donors (Lipinski definition) is 2. The molecule has 120 valence electrons. The van der Waals surface area contributed by atoms with E-state index in [9.17, 15) is 14.7 Å². The molecule has 1 fully saturated rings. The Morgan fingerprint density at radius 3 is 2.45 bits per heavy atom. The van der Waals surface area contributed by atoms with Crippen molar-refractivity contribution in [3.8, 4) is 0 Å². The summed E-state index contributed by atoms with van der Waals surface area (Å²) in [7, 11) is 0. The summed E-state index contributed by atoms with van der Waals surface area (Å²) in [5.74, 6) is -0.0961. The highest BCUT2D eigenvalue weighted by atomic mass is 35.5. The number of halogens is 1. The molecule has 0 aromatic heterocycles. The van der Waals surface area contributed by atoms with E-state index in [1.165, 1.54) is 0 Å². The molecule has 1 unspecified atom stereocenters. The van der Waals surface area contributed by atoms with Crippen LogP contribution in [0.5, 0.6) is 0 Å². The van der Waals surface area contributed by atoms with Crippen molar-refractivity contribution in [2.75, 3.05) is 19.6 Å². The lowest BCUT2D eigenvalue weighted by atomic mass is 9.95. The maximum atomic E-state index is 12.1. The lowest BCUT2D eigenvalue weighted by Crippen LogP contribution is -2.43. The molecule has 1 atom stereocenters. The summed E-state index contributed by atoms with van der Waals surface area (Å²) >= 11 is 5.80. The van der Waals surface area contributed by atoms with Gasteiger partial charge in [-0.25, -0.2) is 0 Å². The Bertz CT molecular complexity index is 525. The molecule has 5 nitrogen and oxygen atoms in total. The Hall–Kier alpha value is -1.59. The first kappa shape index (κ1) is 16.8. The van der Waals surface area contributed by atoms with Crippen LogP contribution in [0.2, 0.25) is 5.02 Å². The molecule has 6 heteroatoms. The average Bonchev–Trinajstić information content (AvgIpc) is 2.53. The predicted molar refractivity (Wildman–Crippen MR) is 84.4 cm³/mol. The van der Waals surface area contributed by atoms with Gasteiger partial charge in [-0.1, -0.05) is 23.7 Å². The second kappa shape index (κ2) is 7.61. The van der Waals surface area contributed by atoms with Crippen molar-refractivity contribution < 1.29 is 14.7 Å². The lowest BCUT2D eigenvalue weighted by Gasteiger charge is -2.30. The van der Waals surface area contributed by atoms with Crippen LogP contribution in [0.15, 0.2) is 24.3 Å². The van der Waals surface area contributed by atoms with Crippen LogP contribution in [0.1, 0.15) is 31.4 Å². The highest BCUT2D eigenvalue weighted by Crippen LogP contribution is 2.19. The largest absolute Gasteiger partial charge is 0.387 e. The summed E-state index contributed by atoms with van der Waals surface area (Å²) in [4.78, 5) is 25.1. The minimum atomic E-state index is -0.751. The van der Waals surface area contributed by atoms with Gasteiger partial charge in [0.15, 0.2) is 0 Å². The minimum Gasteiger partial charge on any atom is -0.387 e. The van der Waals surface area contributed by atoms with Gasteiger partial charge in [-0.3, -0.25) is 9.59 Å². The third-order valence-electron chi connectivity index (χ3n) is 4.04. The summed E-state index contributed by atoms with van der Waals surface area (Å²) in [5, 5.41) is 13.5. The van der Waals surface area contributed by atoms with Gasteiger partial charge in [-0.05, 0) is 30.5 Å². The molecule has 0 saturated carbocycles. The van der Waals surface area contributed by atoms with E-state index in [-0.39, 0.29) is 24.3 Å². The van der Waals surface area contributed by atoms with E-state index in [1.54, 1.807) is 36.1 Å². The van der Waals surface area contributed by atoms with Crippen LogP contribution in [-0.4, -0.2) is 41.5 Å².